The van der Waals surface area contributed by atoms with Crippen molar-refractivity contribution in [2.24, 2.45) is 0 Å². The van der Waals surface area contributed by atoms with Crippen molar-refractivity contribution in [3.05, 3.63) is 67.1 Å². The highest BCUT2D eigenvalue weighted by Gasteiger charge is 2.19. The van der Waals surface area contributed by atoms with Gasteiger partial charge in [-0.25, -0.2) is 8.78 Å². The first-order chi connectivity index (χ1) is 8.90. The summed E-state index contributed by atoms with van der Waals surface area (Å²) >= 11 is 11.8. The van der Waals surface area contributed by atoms with Crippen LogP contribution in [-0.4, -0.2) is 5.78 Å². The van der Waals surface area contributed by atoms with Crippen LogP contribution in [0.15, 0.2) is 39.3 Å². The Kier molecular flexibility index (Phi) is 4.38. The molecule has 0 atom stereocenters. The van der Waals surface area contributed by atoms with Gasteiger partial charge in [0.05, 0.1) is 10.0 Å². The van der Waals surface area contributed by atoms with Crippen LogP contribution in [0.25, 0.3) is 0 Å². The van der Waals surface area contributed by atoms with Gasteiger partial charge in [-0.2, -0.15) is 0 Å². The number of carbonyl (C=O) groups is 1. The maximum atomic E-state index is 13.7. The molecule has 0 unspecified atom stereocenters. The Hall–Kier alpha value is -0.780. The third kappa shape index (κ3) is 3.04. The summed E-state index contributed by atoms with van der Waals surface area (Å²) in [4.78, 5) is 12.2. The van der Waals surface area contributed by atoms with Gasteiger partial charge in [-0.15, -0.1) is 0 Å². The van der Waals surface area contributed by atoms with E-state index in [9.17, 15) is 13.6 Å². The highest BCUT2D eigenvalue weighted by molar-refractivity contribution is 9.10. The molecule has 0 aliphatic heterocycles. The minimum absolute atomic E-state index is 0.0355. The van der Waals surface area contributed by atoms with E-state index in [1.165, 1.54) is 6.07 Å². The molecule has 0 N–H and O–H groups in total. The fourth-order valence-electron chi connectivity index (χ4n) is 1.51. The Morgan fingerprint density at radius 3 is 2.32 bits per heavy atom. The molecule has 19 heavy (non-hydrogen) atoms. The number of halogens is 5. The summed E-state index contributed by atoms with van der Waals surface area (Å²) in [5.74, 6) is -2.15. The summed E-state index contributed by atoms with van der Waals surface area (Å²) in [6, 6.07) is 6.33. The minimum atomic E-state index is -0.801. The maximum absolute atomic E-state index is 13.7. The SMILES string of the molecule is O=C(c1cc(F)c(Br)cc1F)c1cc(Cl)ccc1Br. The van der Waals surface area contributed by atoms with E-state index in [0.29, 0.717) is 9.50 Å². The molecule has 2 aromatic carbocycles. The standard InChI is InChI=1S/C13H5Br2ClF2O/c14-9-2-1-6(16)3-7(9)13(19)8-4-12(18)10(15)5-11(8)17/h1-5H. The first-order valence-corrected chi connectivity index (χ1v) is 7.01. The summed E-state index contributed by atoms with van der Waals surface area (Å²) in [7, 11) is 0. The van der Waals surface area contributed by atoms with Crippen molar-refractivity contribution in [3.63, 3.8) is 0 Å². The van der Waals surface area contributed by atoms with E-state index in [1.807, 2.05) is 0 Å². The molecule has 0 radical (unpaired) electrons. The molecule has 0 aromatic heterocycles. The van der Waals surface area contributed by atoms with Gasteiger partial charge in [0.1, 0.15) is 11.6 Å². The molecule has 0 bridgehead atoms. The zero-order chi connectivity index (χ0) is 14.2. The van der Waals surface area contributed by atoms with E-state index in [-0.39, 0.29) is 15.6 Å². The normalized spacial score (nSPS) is 10.6. The van der Waals surface area contributed by atoms with E-state index in [0.717, 1.165) is 12.1 Å². The summed E-state index contributed by atoms with van der Waals surface area (Å²) in [5.41, 5.74) is -0.170. The lowest BCUT2D eigenvalue weighted by molar-refractivity contribution is 0.103. The van der Waals surface area contributed by atoms with Crippen LogP contribution < -0.4 is 0 Å². The van der Waals surface area contributed by atoms with Gasteiger partial charge >= 0.3 is 0 Å². The average Bonchev–Trinajstić information content (AvgIpc) is 2.36. The van der Waals surface area contributed by atoms with Crippen molar-refractivity contribution in [1.29, 1.82) is 0 Å². The maximum Gasteiger partial charge on any atom is 0.197 e. The number of ketones is 1. The highest BCUT2D eigenvalue weighted by Crippen LogP contribution is 2.27. The van der Waals surface area contributed by atoms with E-state index in [1.54, 1.807) is 12.1 Å². The van der Waals surface area contributed by atoms with Crippen molar-refractivity contribution < 1.29 is 13.6 Å². The summed E-state index contributed by atoms with van der Waals surface area (Å²) in [6.07, 6.45) is 0. The third-order valence-electron chi connectivity index (χ3n) is 2.43. The van der Waals surface area contributed by atoms with Crippen molar-refractivity contribution in [1.82, 2.24) is 0 Å². The predicted molar refractivity (Wildman–Crippen MR) is 76.6 cm³/mol. The topological polar surface area (TPSA) is 17.1 Å². The van der Waals surface area contributed by atoms with Crippen LogP contribution in [0.1, 0.15) is 15.9 Å². The Labute approximate surface area is 129 Å². The Bertz CT molecular complexity index is 674. The van der Waals surface area contributed by atoms with Crippen LogP contribution in [0.5, 0.6) is 0 Å². The molecule has 0 saturated carbocycles. The molecule has 2 rings (SSSR count). The van der Waals surface area contributed by atoms with Crippen LogP contribution in [0.4, 0.5) is 8.78 Å². The summed E-state index contributed by atoms with van der Waals surface area (Å²) in [5, 5.41) is 0.338. The second-order valence-corrected chi connectivity index (χ2v) is 5.84. The van der Waals surface area contributed by atoms with Gasteiger partial charge < -0.3 is 0 Å². The summed E-state index contributed by atoms with van der Waals surface area (Å²) < 4.78 is 27.6. The minimum Gasteiger partial charge on any atom is -0.288 e. The largest absolute Gasteiger partial charge is 0.288 e. The third-order valence-corrected chi connectivity index (χ3v) is 3.96. The van der Waals surface area contributed by atoms with Crippen molar-refractivity contribution in [2.75, 3.05) is 0 Å². The van der Waals surface area contributed by atoms with E-state index in [4.69, 9.17) is 11.6 Å². The van der Waals surface area contributed by atoms with Crippen molar-refractivity contribution >= 4 is 49.2 Å². The van der Waals surface area contributed by atoms with Crippen LogP contribution in [0.2, 0.25) is 5.02 Å². The second-order valence-electron chi connectivity index (χ2n) is 3.70. The monoisotopic (exact) mass is 408 g/mol. The van der Waals surface area contributed by atoms with E-state index < -0.39 is 17.4 Å². The van der Waals surface area contributed by atoms with Gasteiger partial charge in [0.15, 0.2) is 5.78 Å². The van der Waals surface area contributed by atoms with Crippen molar-refractivity contribution in [3.8, 4) is 0 Å². The van der Waals surface area contributed by atoms with Gasteiger partial charge in [0, 0.05) is 15.1 Å². The van der Waals surface area contributed by atoms with Crippen LogP contribution in [-0.2, 0) is 0 Å². The van der Waals surface area contributed by atoms with Crippen LogP contribution in [0, 0.1) is 11.6 Å². The first-order valence-electron chi connectivity index (χ1n) is 5.04. The van der Waals surface area contributed by atoms with Crippen molar-refractivity contribution in [2.45, 2.75) is 0 Å². The van der Waals surface area contributed by atoms with Crippen LogP contribution in [0.3, 0.4) is 0 Å². The molecule has 6 heteroatoms. The van der Waals surface area contributed by atoms with Gasteiger partial charge in [0.2, 0.25) is 0 Å². The van der Waals surface area contributed by atoms with E-state index in [2.05, 4.69) is 31.9 Å². The second kappa shape index (κ2) is 5.69. The lowest BCUT2D eigenvalue weighted by atomic mass is 10.0. The molecule has 0 heterocycles. The molecule has 0 aliphatic rings. The molecular weight excluding hydrogens is 405 g/mol. The molecule has 98 valence electrons. The Morgan fingerprint density at radius 2 is 1.63 bits per heavy atom. The molecule has 0 saturated heterocycles. The lowest BCUT2D eigenvalue weighted by Crippen LogP contribution is -2.06. The summed E-state index contributed by atoms with van der Waals surface area (Å²) in [6.45, 7) is 0. The number of benzene rings is 2. The van der Waals surface area contributed by atoms with Gasteiger partial charge in [-0.1, -0.05) is 27.5 Å². The fourth-order valence-corrected chi connectivity index (χ4v) is 2.43. The van der Waals surface area contributed by atoms with Gasteiger partial charge in [-0.05, 0) is 46.3 Å². The molecule has 0 spiro atoms. The quantitative estimate of drug-likeness (QED) is 0.480. The highest BCUT2D eigenvalue weighted by atomic mass is 79.9. The zero-order valence-electron chi connectivity index (χ0n) is 9.18. The van der Waals surface area contributed by atoms with Gasteiger partial charge in [0.25, 0.3) is 0 Å². The predicted octanol–water partition coefficient (Wildman–Crippen LogP) is 5.37. The Morgan fingerprint density at radius 1 is 0.947 bits per heavy atom. The molecule has 2 aromatic rings. The fraction of sp³-hybridized carbons (Fsp3) is 0. The molecular formula is C13H5Br2ClF2O. The zero-order valence-corrected chi connectivity index (χ0v) is 13.1. The number of hydrogen-bond acceptors (Lipinski definition) is 1. The number of rotatable bonds is 2. The lowest BCUT2D eigenvalue weighted by Gasteiger charge is -2.07. The molecule has 1 nitrogen and oxygen atoms in total. The number of carbonyl (C=O) groups excluding carboxylic acids is 1. The molecule has 0 aliphatic carbocycles. The van der Waals surface area contributed by atoms with Crippen LogP contribution >= 0.6 is 43.5 Å². The smallest absolute Gasteiger partial charge is 0.197 e. The van der Waals surface area contributed by atoms with E-state index >= 15 is 0 Å². The Balaban J connectivity index is 2.56. The first kappa shape index (κ1) is 14.6. The van der Waals surface area contributed by atoms with Gasteiger partial charge in [-0.3, -0.25) is 4.79 Å². The average molecular weight is 410 g/mol. The number of hydrogen-bond donors (Lipinski definition) is 0. The molecule has 0 fully saturated rings. The molecule has 0 amide bonds.